The standard InChI is InChI=1S/4C19H16NSi.C11H9N.C11H8N.C2H6O.CHF3O3S.2CH4O.2Ir/c4*1-21(2)18-11-7-6-10-15(18)16-12-17(20-13-19(16)21)14-8-4-3-5-9-14;2*1-2-6-10(7-3-1)11-8-4-5-9-12-11;1-2-3;2-1(3,4)8(5,6)7;2*1-2;;/h4*3-8,10-13H,1-2H3;1-9H;1-6,8-9H;3H,2H2,1H3;(H,5,6,7);2*2H,1H3;;/q4*-1;;-1;;;;;;+3. The topological polar surface area (TPSA) is 192 Å². The van der Waals surface area contributed by atoms with E-state index in [1.54, 1.807) is 13.1 Å². The van der Waals surface area contributed by atoms with E-state index >= 15 is 0 Å². The van der Waals surface area contributed by atoms with Gasteiger partial charge in [-0.15, -0.1) is 179 Å². The van der Waals surface area contributed by atoms with Crippen LogP contribution in [0.1, 0.15) is 6.92 Å². The first-order valence-electron chi connectivity index (χ1n) is 40.0. The first-order chi connectivity index (χ1) is 59.3. The van der Waals surface area contributed by atoms with Crippen LogP contribution in [0.25, 0.3) is 112 Å². The third kappa shape index (κ3) is 22.9. The van der Waals surface area contributed by atoms with Crippen LogP contribution in [-0.4, -0.2) is 117 Å². The maximum Gasteiger partial charge on any atom is 3.00 e. The Balaban J connectivity index is 0.000000166. The molecule has 125 heavy (non-hydrogen) atoms. The number of aromatic nitrogens is 6. The van der Waals surface area contributed by atoms with Crippen molar-refractivity contribution in [2.75, 3.05) is 20.8 Å². The van der Waals surface area contributed by atoms with Crippen molar-refractivity contribution in [2.45, 2.75) is 64.8 Å². The molecule has 10 aromatic carbocycles. The number of hydrogen-bond acceptors (Lipinski definition) is 11. The molecule has 10 heterocycles. The van der Waals surface area contributed by atoms with Gasteiger partial charge in [-0.25, -0.2) is 0 Å². The summed E-state index contributed by atoms with van der Waals surface area (Å²) in [4.78, 5) is 27.3. The van der Waals surface area contributed by atoms with Crippen molar-refractivity contribution in [3.63, 3.8) is 0 Å². The monoisotopic (exact) mass is 2100 g/mol. The molecule has 0 amide bonds. The zero-order chi connectivity index (χ0) is 88.0. The SMILES string of the molecule is CCO.CO.CO.C[Si]1(C)c2ccccc2-c2cc(-c3[c-]cccc3)ncc21.C[Si]1(C)c2ccccc2-c2cc(-c3[c-]cccc3)ncc21.C[Si]1(C)c2ccccc2-c2cc(-c3[c-]cccc3)ncc21.C[Si]1(C)c2ccccc2-c2cc(-c3[c-]cccc3)ncc21.O=S(=O)(O)C(F)(F)F.[Ir+3].[Ir].[c-]1ccccc1-c1ccccn1.c1ccc(-c2ccccn2)cc1. The van der Waals surface area contributed by atoms with Crippen LogP contribution >= 0.6 is 0 Å². The molecular weight excluding hydrogens is 2000 g/mol. The Kier molecular flexibility index (Phi) is 34.9. The van der Waals surface area contributed by atoms with E-state index in [2.05, 4.69) is 275 Å². The van der Waals surface area contributed by atoms with Gasteiger partial charge in [0.15, 0.2) is 0 Å². The second kappa shape index (κ2) is 44.6. The van der Waals surface area contributed by atoms with Gasteiger partial charge in [-0.1, -0.05) is 222 Å². The summed E-state index contributed by atoms with van der Waals surface area (Å²) in [5, 5.41) is 33.5. The van der Waals surface area contributed by atoms with Gasteiger partial charge < -0.3 is 40.2 Å². The fourth-order valence-electron chi connectivity index (χ4n) is 15.4. The van der Waals surface area contributed by atoms with Crippen molar-refractivity contribution < 1.29 is 81.7 Å². The van der Waals surface area contributed by atoms with Gasteiger partial charge >= 0.3 is 35.7 Å². The van der Waals surface area contributed by atoms with Gasteiger partial charge in [0.25, 0.3) is 0 Å². The summed E-state index contributed by atoms with van der Waals surface area (Å²) in [6, 6.07) is 122. The van der Waals surface area contributed by atoms with E-state index in [1.807, 2.05) is 158 Å². The van der Waals surface area contributed by atoms with Crippen molar-refractivity contribution in [2.24, 2.45) is 0 Å². The van der Waals surface area contributed by atoms with E-state index < -0.39 is 47.9 Å². The molecule has 0 bridgehead atoms. The molecule has 0 saturated carbocycles. The van der Waals surface area contributed by atoms with Crippen LogP contribution in [0.5, 0.6) is 0 Å². The van der Waals surface area contributed by atoms with Crippen LogP contribution in [0.2, 0.25) is 52.4 Å². The van der Waals surface area contributed by atoms with Crippen molar-refractivity contribution >= 4 is 83.9 Å². The zero-order valence-corrected chi connectivity index (χ0v) is 80.7. The summed E-state index contributed by atoms with van der Waals surface area (Å²) in [6.07, 6.45) is 12.0. The van der Waals surface area contributed by atoms with Gasteiger partial charge in [-0.05, 0) is 140 Å². The first kappa shape index (κ1) is 97.6. The number of aliphatic hydroxyl groups excluding tert-OH is 3. The first-order valence-corrected chi connectivity index (χ1v) is 53.4. The summed E-state index contributed by atoms with van der Waals surface area (Å²) in [5.74, 6) is 0. The van der Waals surface area contributed by atoms with Crippen LogP contribution in [-0.2, 0) is 50.3 Å². The number of fused-ring (bicyclic) bond motifs is 12. The largest absolute Gasteiger partial charge is 3.00 e. The van der Waals surface area contributed by atoms with Crippen molar-refractivity contribution in [3.05, 3.63) is 377 Å². The molecule has 637 valence electrons. The molecule has 12 nitrogen and oxygen atoms in total. The van der Waals surface area contributed by atoms with E-state index in [1.165, 1.54) is 86.0 Å². The summed E-state index contributed by atoms with van der Waals surface area (Å²) in [5.41, 5.74) is 18.0. The fraction of sp³-hybridized carbons (Fsp3) is 0.126. The third-order valence-corrected chi connectivity index (χ3v) is 36.2. The van der Waals surface area contributed by atoms with Crippen LogP contribution < -0.4 is 41.5 Å². The quantitative estimate of drug-likeness (QED) is 0.0534. The number of halogens is 3. The van der Waals surface area contributed by atoms with Gasteiger partial charge in [0.05, 0.1) is 5.69 Å². The molecule has 1 radical (unpaired) electrons. The molecule has 0 fully saturated rings. The van der Waals surface area contributed by atoms with Crippen LogP contribution in [0.15, 0.2) is 347 Å². The third-order valence-electron chi connectivity index (χ3n) is 21.5. The minimum Gasteiger partial charge on any atom is -0.400 e. The van der Waals surface area contributed by atoms with E-state index in [0.717, 1.165) is 81.8 Å². The van der Waals surface area contributed by atoms with Gasteiger partial charge in [0.1, 0.15) is 32.3 Å². The molecule has 6 aromatic heterocycles. The van der Waals surface area contributed by atoms with Crippen LogP contribution in [0.3, 0.4) is 0 Å². The number of nitrogens with zero attached hydrogens (tertiary/aromatic N) is 6. The Morgan fingerprint density at radius 1 is 0.304 bits per heavy atom. The average Bonchev–Trinajstić information content (AvgIpc) is 1.60. The summed E-state index contributed by atoms with van der Waals surface area (Å²) < 4.78 is 57.5. The number of alkyl halides is 3. The van der Waals surface area contributed by atoms with Crippen molar-refractivity contribution in [3.8, 4) is 112 Å². The summed E-state index contributed by atoms with van der Waals surface area (Å²) >= 11 is 0. The van der Waals surface area contributed by atoms with E-state index in [0.29, 0.717) is 0 Å². The predicted molar refractivity (Wildman–Crippen MR) is 508 cm³/mol. The fourth-order valence-corrected chi connectivity index (χ4v) is 27.2. The molecule has 20 rings (SSSR count). The maximum atomic E-state index is 10.7. The minimum absolute atomic E-state index is 0. The Hall–Kier alpha value is -11.2. The molecule has 0 saturated heterocycles. The molecule has 0 atom stereocenters. The van der Waals surface area contributed by atoms with Crippen molar-refractivity contribution in [1.29, 1.82) is 0 Å². The van der Waals surface area contributed by atoms with Crippen LogP contribution in [0, 0.1) is 30.3 Å². The van der Waals surface area contributed by atoms with Gasteiger partial charge in [0, 0.05) is 83.7 Å². The molecule has 0 aliphatic carbocycles. The number of aliphatic hydroxyl groups is 3. The number of rotatable bonds is 6. The second-order valence-corrected chi connectivity index (χ2v) is 49.3. The average molecular weight is 2100 g/mol. The number of hydrogen-bond donors (Lipinski definition) is 4. The normalized spacial score (nSPS) is 12.8. The predicted octanol–water partition coefficient (Wildman–Crippen LogP) is 18.3. The van der Waals surface area contributed by atoms with E-state index in [9.17, 15) is 13.2 Å². The van der Waals surface area contributed by atoms with Gasteiger partial charge in [0.2, 0.25) is 0 Å². The molecule has 4 aliphatic rings. The summed E-state index contributed by atoms with van der Waals surface area (Å²) in [7, 11) is -10.2. The summed E-state index contributed by atoms with van der Waals surface area (Å²) in [6.45, 7) is 21.2. The molecule has 0 spiro atoms. The van der Waals surface area contributed by atoms with Gasteiger partial charge in [-0.2, -0.15) is 21.6 Å². The smallest absolute Gasteiger partial charge is 0.400 e. The van der Waals surface area contributed by atoms with E-state index in [4.69, 9.17) is 48.2 Å². The molecular formula is C103H96F3Ir2N6O6SSi4-2. The molecule has 16 aromatic rings. The van der Waals surface area contributed by atoms with Crippen LogP contribution in [0.4, 0.5) is 13.2 Å². The molecule has 22 heteroatoms. The van der Waals surface area contributed by atoms with Crippen molar-refractivity contribution in [1.82, 2.24) is 29.9 Å². The molecule has 4 N–H and O–H groups in total. The second-order valence-electron chi connectivity index (χ2n) is 30.6. The number of benzene rings is 10. The Morgan fingerprint density at radius 2 is 0.520 bits per heavy atom. The number of pyridine rings is 6. The van der Waals surface area contributed by atoms with E-state index in [-0.39, 0.29) is 46.8 Å². The Morgan fingerprint density at radius 3 is 0.744 bits per heavy atom. The zero-order valence-electron chi connectivity index (χ0n) is 71.1. The minimum atomic E-state index is -5.84. The molecule has 4 aliphatic heterocycles. The Labute approximate surface area is 763 Å². The molecule has 0 unspecified atom stereocenters. The van der Waals surface area contributed by atoms with Gasteiger partial charge in [-0.3, -0.25) is 9.54 Å². The maximum absolute atomic E-state index is 10.7. The Bertz CT molecular complexity index is 5550.